The Morgan fingerprint density at radius 2 is 1.65 bits per heavy atom. The van der Waals surface area contributed by atoms with E-state index in [1.54, 1.807) is 12.1 Å². The van der Waals surface area contributed by atoms with Crippen molar-refractivity contribution >= 4 is 11.7 Å². The van der Waals surface area contributed by atoms with E-state index < -0.39 is 0 Å². The highest BCUT2D eigenvalue weighted by atomic mass is 19.1. The number of halogens is 1. The van der Waals surface area contributed by atoms with Crippen molar-refractivity contribution in [3.63, 3.8) is 0 Å². The highest BCUT2D eigenvalue weighted by molar-refractivity contribution is 5.78. The summed E-state index contributed by atoms with van der Waals surface area (Å²) < 4.78 is 18.7. The minimum atomic E-state index is -0.277. The molecule has 0 atom stereocenters. The van der Waals surface area contributed by atoms with E-state index in [1.165, 1.54) is 17.7 Å². The van der Waals surface area contributed by atoms with Crippen LogP contribution < -0.4 is 9.64 Å². The normalized spacial score (nSPS) is 13.9. The van der Waals surface area contributed by atoms with Gasteiger partial charge in [-0.2, -0.15) is 0 Å². The monoisotopic (exact) mass is 420 g/mol. The van der Waals surface area contributed by atoms with E-state index in [2.05, 4.69) is 22.0 Å². The van der Waals surface area contributed by atoms with Crippen LogP contribution in [0.4, 0.5) is 10.2 Å². The summed E-state index contributed by atoms with van der Waals surface area (Å²) in [5.74, 6) is 1.18. The minimum Gasteiger partial charge on any atom is -0.484 e. The van der Waals surface area contributed by atoms with Gasteiger partial charge >= 0.3 is 0 Å². The molecule has 1 aliphatic rings. The number of benzene rings is 2. The van der Waals surface area contributed by atoms with Crippen LogP contribution in [0, 0.1) is 5.82 Å². The summed E-state index contributed by atoms with van der Waals surface area (Å²) in [6.45, 7) is 4.72. The maximum absolute atomic E-state index is 13.1. The van der Waals surface area contributed by atoms with Crippen molar-refractivity contribution in [2.75, 3.05) is 37.7 Å². The van der Waals surface area contributed by atoms with Crippen LogP contribution >= 0.6 is 0 Å². The molecule has 1 aromatic heterocycles. The fraction of sp³-hybridized carbons (Fsp3) is 0.292. The predicted molar refractivity (Wildman–Crippen MR) is 118 cm³/mol. The molecule has 31 heavy (non-hydrogen) atoms. The molecule has 0 bridgehead atoms. The zero-order chi connectivity index (χ0) is 21.6. The summed E-state index contributed by atoms with van der Waals surface area (Å²) in [6, 6.07) is 17.8. The average molecular weight is 420 g/mol. The average Bonchev–Trinajstić information content (AvgIpc) is 2.83. The van der Waals surface area contributed by atoms with Gasteiger partial charge < -0.3 is 14.5 Å². The van der Waals surface area contributed by atoms with Crippen LogP contribution in [0.5, 0.6) is 5.75 Å². The zero-order valence-corrected chi connectivity index (χ0v) is 17.5. The summed E-state index contributed by atoms with van der Waals surface area (Å²) >= 11 is 0. The lowest BCUT2D eigenvalue weighted by Crippen LogP contribution is -2.50. The van der Waals surface area contributed by atoms with Crippen LogP contribution in [0.15, 0.2) is 60.7 Å². The topological polar surface area (TPSA) is 58.6 Å². The molecule has 6 nitrogen and oxygen atoms in total. The van der Waals surface area contributed by atoms with Gasteiger partial charge in [-0.15, -0.1) is 10.2 Å². The van der Waals surface area contributed by atoms with Gasteiger partial charge in [-0.05, 0) is 60.5 Å². The Bertz CT molecular complexity index is 999. The lowest BCUT2D eigenvalue weighted by Gasteiger charge is -2.35. The fourth-order valence-corrected chi connectivity index (χ4v) is 3.51. The number of carbonyl (C=O) groups excluding carboxylic acids is 1. The van der Waals surface area contributed by atoms with Crippen molar-refractivity contribution in [1.29, 1.82) is 0 Å². The molecule has 1 amide bonds. The molecule has 1 fully saturated rings. The highest BCUT2D eigenvalue weighted by Crippen LogP contribution is 2.20. The molecule has 0 saturated carbocycles. The SMILES string of the molecule is CCc1ccc(OCC(=O)N2CCN(c3ccc(-c4ccc(F)cc4)nn3)CC2)cc1. The number of hydrogen-bond acceptors (Lipinski definition) is 5. The first-order chi connectivity index (χ1) is 15.1. The van der Waals surface area contributed by atoms with Gasteiger partial charge in [0.25, 0.3) is 5.91 Å². The molecule has 0 spiro atoms. The quantitative estimate of drug-likeness (QED) is 0.610. The maximum Gasteiger partial charge on any atom is 0.260 e. The van der Waals surface area contributed by atoms with Gasteiger partial charge in [-0.1, -0.05) is 19.1 Å². The molecule has 1 aliphatic heterocycles. The van der Waals surface area contributed by atoms with Crippen molar-refractivity contribution in [3.8, 4) is 17.0 Å². The number of carbonyl (C=O) groups is 1. The molecule has 3 aromatic rings. The van der Waals surface area contributed by atoms with Crippen LogP contribution in [0.25, 0.3) is 11.3 Å². The van der Waals surface area contributed by atoms with Crippen molar-refractivity contribution in [2.24, 2.45) is 0 Å². The second-order valence-electron chi connectivity index (χ2n) is 7.44. The first kappa shape index (κ1) is 20.8. The first-order valence-electron chi connectivity index (χ1n) is 10.5. The van der Waals surface area contributed by atoms with Gasteiger partial charge in [-0.25, -0.2) is 4.39 Å². The number of aromatic nitrogens is 2. The molecule has 2 aromatic carbocycles. The van der Waals surface area contributed by atoms with Crippen LogP contribution in [0.3, 0.4) is 0 Å². The van der Waals surface area contributed by atoms with Crippen LogP contribution in [0.2, 0.25) is 0 Å². The Morgan fingerprint density at radius 1 is 0.935 bits per heavy atom. The molecule has 0 N–H and O–H groups in total. The van der Waals surface area contributed by atoms with Crippen molar-refractivity contribution < 1.29 is 13.9 Å². The molecule has 1 saturated heterocycles. The molecule has 0 unspecified atom stereocenters. The third-order valence-corrected chi connectivity index (χ3v) is 5.44. The van der Waals surface area contributed by atoms with Crippen LogP contribution in [-0.2, 0) is 11.2 Å². The Morgan fingerprint density at radius 3 is 2.26 bits per heavy atom. The maximum atomic E-state index is 13.1. The third-order valence-electron chi connectivity index (χ3n) is 5.44. The lowest BCUT2D eigenvalue weighted by atomic mass is 10.1. The number of rotatable bonds is 6. The molecule has 7 heteroatoms. The van der Waals surface area contributed by atoms with Crippen LogP contribution in [0.1, 0.15) is 12.5 Å². The number of amides is 1. The Labute approximate surface area is 181 Å². The number of nitrogens with zero attached hydrogens (tertiary/aromatic N) is 4. The molecule has 0 radical (unpaired) electrons. The summed E-state index contributed by atoms with van der Waals surface area (Å²) in [7, 11) is 0. The molecular formula is C24H25FN4O2. The van der Waals surface area contributed by atoms with E-state index in [9.17, 15) is 9.18 Å². The first-order valence-corrected chi connectivity index (χ1v) is 10.5. The van der Waals surface area contributed by atoms with Gasteiger partial charge in [-0.3, -0.25) is 4.79 Å². The van der Waals surface area contributed by atoms with E-state index in [0.717, 1.165) is 17.8 Å². The van der Waals surface area contributed by atoms with Gasteiger partial charge in [0, 0.05) is 31.7 Å². The lowest BCUT2D eigenvalue weighted by molar-refractivity contribution is -0.133. The Hall–Kier alpha value is -3.48. The second kappa shape index (κ2) is 9.55. The number of aryl methyl sites for hydroxylation is 1. The summed E-state index contributed by atoms with van der Waals surface area (Å²) in [5.41, 5.74) is 2.76. The molecular weight excluding hydrogens is 395 g/mol. The van der Waals surface area contributed by atoms with Gasteiger partial charge in [0.2, 0.25) is 0 Å². The van der Waals surface area contributed by atoms with E-state index in [1.807, 2.05) is 41.3 Å². The summed E-state index contributed by atoms with van der Waals surface area (Å²) in [4.78, 5) is 16.4. The standard InChI is InChI=1S/C24H25FN4O2/c1-2-18-3-9-21(10-4-18)31-17-24(30)29-15-13-28(14-16-29)23-12-11-22(26-27-23)19-5-7-20(25)8-6-19/h3-12H,2,13-17H2,1H3. The van der Waals surface area contributed by atoms with E-state index in [-0.39, 0.29) is 18.3 Å². The molecule has 2 heterocycles. The summed E-state index contributed by atoms with van der Waals surface area (Å²) in [5, 5.41) is 8.58. The number of hydrogen-bond donors (Lipinski definition) is 0. The fourth-order valence-electron chi connectivity index (χ4n) is 3.51. The highest BCUT2D eigenvalue weighted by Gasteiger charge is 2.22. The predicted octanol–water partition coefficient (Wildman–Crippen LogP) is 3.57. The number of ether oxygens (including phenoxy) is 1. The van der Waals surface area contributed by atoms with Gasteiger partial charge in [0.1, 0.15) is 11.6 Å². The van der Waals surface area contributed by atoms with E-state index in [4.69, 9.17) is 4.74 Å². The Balaban J connectivity index is 1.27. The van der Waals surface area contributed by atoms with E-state index in [0.29, 0.717) is 37.6 Å². The number of piperazine rings is 1. The second-order valence-corrected chi connectivity index (χ2v) is 7.44. The smallest absolute Gasteiger partial charge is 0.260 e. The van der Waals surface area contributed by atoms with Crippen LogP contribution in [-0.4, -0.2) is 53.8 Å². The minimum absolute atomic E-state index is 0.0167. The van der Waals surface area contributed by atoms with Crippen molar-refractivity contribution in [2.45, 2.75) is 13.3 Å². The van der Waals surface area contributed by atoms with Crippen molar-refractivity contribution in [1.82, 2.24) is 15.1 Å². The third kappa shape index (κ3) is 5.17. The molecule has 4 rings (SSSR count). The van der Waals surface area contributed by atoms with Gasteiger partial charge in [0.15, 0.2) is 12.4 Å². The summed E-state index contributed by atoms with van der Waals surface area (Å²) in [6.07, 6.45) is 0.975. The van der Waals surface area contributed by atoms with Crippen molar-refractivity contribution in [3.05, 3.63) is 72.0 Å². The molecule has 160 valence electrons. The van der Waals surface area contributed by atoms with E-state index >= 15 is 0 Å². The van der Waals surface area contributed by atoms with Gasteiger partial charge in [0.05, 0.1) is 5.69 Å². The molecule has 0 aliphatic carbocycles. The number of anilines is 1. The Kier molecular flexibility index (Phi) is 6.40. The zero-order valence-electron chi connectivity index (χ0n) is 17.5. The largest absolute Gasteiger partial charge is 0.484 e.